The number of rotatable bonds is 4. The second kappa shape index (κ2) is 9.41. The standard InChI is InChI=1S/C35H22N4/c36-23-28-20-27(18-19-37-28)33-13-7-12-32(38-33)26-15-17-35-31(22-26)30-21-25(24-8-3-1-4-9-24)14-16-34(30)39(35)29-10-5-2-6-11-29/h1-22H. The lowest BCUT2D eigenvalue weighted by Crippen LogP contribution is -1.93. The molecule has 4 aromatic carbocycles. The Morgan fingerprint density at radius 1 is 0.538 bits per heavy atom. The Kier molecular flexibility index (Phi) is 5.46. The summed E-state index contributed by atoms with van der Waals surface area (Å²) < 4.78 is 2.33. The van der Waals surface area contributed by atoms with Crippen molar-refractivity contribution in [3.8, 4) is 45.4 Å². The number of nitrogens with zero attached hydrogens (tertiary/aromatic N) is 4. The van der Waals surface area contributed by atoms with Gasteiger partial charge in [-0.25, -0.2) is 9.97 Å². The Hall–Kier alpha value is -5.53. The summed E-state index contributed by atoms with van der Waals surface area (Å²) >= 11 is 0. The third-order valence-electron chi connectivity index (χ3n) is 7.10. The van der Waals surface area contributed by atoms with Crippen molar-refractivity contribution < 1.29 is 0 Å². The first-order valence-corrected chi connectivity index (χ1v) is 12.8. The van der Waals surface area contributed by atoms with Gasteiger partial charge in [0.15, 0.2) is 0 Å². The van der Waals surface area contributed by atoms with Crippen LogP contribution in [0.15, 0.2) is 134 Å². The van der Waals surface area contributed by atoms with Crippen LogP contribution in [0.5, 0.6) is 0 Å². The molecule has 7 rings (SSSR count). The zero-order valence-corrected chi connectivity index (χ0v) is 21.0. The van der Waals surface area contributed by atoms with E-state index in [4.69, 9.17) is 4.98 Å². The molecule has 3 heterocycles. The van der Waals surface area contributed by atoms with Gasteiger partial charge in [0.05, 0.1) is 22.4 Å². The van der Waals surface area contributed by atoms with Crippen LogP contribution < -0.4 is 0 Å². The number of benzene rings is 4. The molecule has 0 atom stereocenters. The topological polar surface area (TPSA) is 54.5 Å². The predicted molar refractivity (Wildman–Crippen MR) is 157 cm³/mol. The first-order valence-electron chi connectivity index (χ1n) is 12.8. The molecule has 0 N–H and O–H groups in total. The number of para-hydroxylation sites is 1. The van der Waals surface area contributed by atoms with Crippen LogP contribution in [0, 0.1) is 11.3 Å². The quantitative estimate of drug-likeness (QED) is 0.245. The summed E-state index contributed by atoms with van der Waals surface area (Å²) in [5, 5.41) is 11.6. The van der Waals surface area contributed by atoms with Crippen LogP contribution in [0.3, 0.4) is 0 Å². The van der Waals surface area contributed by atoms with E-state index < -0.39 is 0 Å². The Bertz CT molecular complexity index is 2020. The van der Waals surface area contributed by atoms with Crippen molar-refractivity contribution in [2.24, 2.45) is 0 Å². The van der Waals surface area contributed by atoms with Crippen molar-refractivity contribution in [3.05, 3.63) is 139 Å². The van der Waals surface area contributed by atoms with Gasteiger partial charge in [-0.2, -0.15) is 5.26 Å². The van der Waals surface area contributed by atoms with Crippen LogP contribution >= 0.6 is 0 Å². The molecule has 0 aliphatic carbocycles. The van der Waals surface area contributed by atoms with Crippen molar-refractivity contribution in [1.82, 2.24) is 14.5 Å². The van der Waals surface area contributed by atoms with Crippen molar-refractivity contribution in [2.75, 3.05) is 0 Å². The summed E-state index contributed by atoms with van der Waals surface area (Å²) in [5.74, 6) is 0. The summed E-state index contributed by atoms with van der Waals surface area (Å²) in [6.45, 7) is 0. The molecular formula is C35H22N4. The van der Waals surface area contributed by atoms with E-state index in [-0.39, 0.29) is 0 Å². The van der Waals surface area contributed by atoms with Crippen molar-refractivity contribution >= 4 is 21.8 Å². The monoisotopic (exact) mass is 498 g/mol. The second-order valence-electron chi connectivity index (χ2n) is 9.45. The molecule has 0 aliphatic heterocycles. The Morgan fingerprint density at radius 3 is 1.85 bits per heavy atom. The lowest BCUT2D eigenvalue weighted by Gasteiger charge is -2.09. The lowest BCUT2D eigenvalue weighted by atomic mass is 10.0. The first kappa shape index (κ1) is 22.7. The van der Waals surface area contributed by atoms with Crippen molar-refractivity contribution in [3.63, 3.8) is 0 Å². The maximum atomic E-state index is 9.27. The average molecular weight is 499 g/mol. The first-order chi connectivity index (χ1) is 19.3. The number of hydrogen-bond acceptors (Lipinski definition) is 3. The molecule has 0 fully saturated rings. The molecule has 0 saturated carbocycles. The minimum atomic E-state index is 0.379. The highest BCUT2D eigenvalue weighted by Gasteiger charge is 2.15. The molecule has 0 bridgehead atoms. The molecule has 4 heteroatoms. The molecule has 0 radical (unpaired) electrons. The van der Waals surface area contributed by atoms with E-state index in [1.807, 2.05) is 36.4 Å². The van der Waals surface area contributed by atoms with Crippen molar-refractivity contribution in [2.45, 2.75) is 0 Å². The van der Waals surface area contributed by atoms with Gasteiger partial charge in [-0.05, 0) is 71.8 Å². The van der Waals surface area contributed by atoms with Gasteiger partial charge in [-0.15, -0.1) is 0 Å². The highest BCUT2D eigenvalue weighted by Crippen LogP contribution is 2.37. The minimum absolute atomic E-state index is 0.379. The fraction of sp³-hybridized carbons (Fsp3) is 0. The molecule has 7 aromatic rings. The normalized spacial score (nSPS) is 11.1. The summed E-state index contributed by atoms with van der Waals surface area (Å²) in [6, 6.07) is 46.0. The second-order valence-corrected chi connectivity index (χ2v) is 9.45. The fourth-order valence-electron chi connectivity index (χ4n) is 5.26. The molecule has 0 aliphatic rings. The van der Waals surface area contributed by atoms with Crippen LogP contribution in [0.25, 0.3) is 61.1 Å². The van der Waals surface area contributed by atoms with E-state index in [1.54, 1.807) is 12.3 Å². The average Bonchev–Trinajstić information content (AvgIpc) is 3.35. The Balaban J connectivity index is 1.43. The van der Waals surface area contributed by atoms with Crippen LogP contribution in [-0.4, -0.2) is 14.5 Å². The Labute approximate surface area is 226 Å². The Morgan fingerprint density at radius 2 is 1.15 bits per heavy atom. The van der Waals surface area contributed by atoms with Gasteiger partial charge in [0.1, 0.15) is 11.8 Å². The smallest absolute Gasteiger partial charge is 0.141 e. The number of aromatic nitrogens is 3. The van der Waals surface area contributed by atoms with Gasteiger partial charge in [-0.1, -0.05) is 66.7 Å². The van der Waals surface area contributed by atoms with Crippen LogP contribution in [0.2, 0.25) is 0 Å². The summed E-state index contributed by atoms with van der Waals surface area (Å²) in [5.41, 5.74) is 9.80. The van der Waals surface area contributed by atoms with Crippen LogP contribution in [-0.2, 0) is 0 Å². The van der Waals surface area contributed by atoms with E-state index >= 15 is 0 Å². The molecular weight excluding hydrogens is 476 g/mol. The van der Waals surface area contributed by atoms with E-state index in [1.165, 1.54) is 21.9 Å². The summed E-state index contributed by atoms with van der Waals surface area (Å²) in [7, 11) is 0. The van der Waals surface area contributed by atoms with Crippen molar-refractivity contribution in [1.29, 1.82) is 5.26 Å². The zero-order valence-electron chi connectivity index (χ0n) is 21.0. The van der Waals surface area contributed by atoms with E-state index in [0.29, 0.717) is 5.69 Å². The zero-order chi connectivity index (χ0) is 26.2. The molecule has 0 saturated heterocycles. The number of fused-ring (bicyclic) bond motifs is 3. The molecule has 0 spiro atoms. The molecule has 0 unspecified atom stereocenters. The van der Waals surface area contributed by atoms with Crippen LogP contribution in [0.4, 0.5) is 0 Å². The number of pyridine rings is 2. The van der Waals surface area contributed by atoms with Gasteiger partial charge >= 0.3 is 0 Å². The van der Waals surface area contributed by atoms with Gasteiger partial charge in [0.25, 0.3) is 0 Å². The lowest BCUT2D eigenvalue weighted by molar-refractivity contribution is 1.18. The summed E-state index contributed by atoms with van der Waals surface area (Å²) in [4.78, 5) is 9.05. The predicted octanol–water partition coefficient (Wildman–Crippen LogP) is 8.45. The third-order valence-corrected chi connectivity index (χ3v) is 7.10. The highest BCUT2D eigenvalue weighted by atomic mass is 15.0. The maximum absolute atomic E-state index is 9.27. The van der Waals surface area contributed by atoms with Crippen LogP contribution in [0.1, 0.15) is 5.69 Å². The number of nitriles is 1. The van der Waals surface area contributed by atoms with Gasteiger partial charge in [-0.3, -0.25) is 0 Å². The van der Waals surface area contributed by atoms with E-state index in [0.717, 1.165) is 39.2 Å². The minimum Gasteiger partial charge on any atom is -0.309 e. The van der Waals surface area contributed by atoms with Gasteiger partial charge in [0.2, 0.25) is 0 Å². The van der Waals surface area contributed by atoms with E-state index in [9.17, 15) is 5.26 Å². The fourth-order valence-corrected chi connectivity index (χ4v) is 5.26. The number of hydrogen-bond donors (Lipinski definition) is 0. The molecule has 4 nitrogen and oxygen atoms in total. The third kappa shape index (κ3) is 4.03. The molecule has 0 amide bonds. The highest BCUT2D eigenvalue weighted by molar-refractivity contribution is 6.11. The van der Waals surface area contributed by atoms with Gasteiger partial charge < -0.3 is 4.57 Å². The molecule has 182 valence electrons. The van der Waals surface area contributed by atoms with E-state index in [2.05, 4.69) is 101 Å². The maximum Gasteiger partial charge on any atom is 0.141 e. The van der Waals surface area contributed by atoms with Gasteiger partial charge in [0, 0.05) is 33.8 Å². The molecule has 3 aromatic heterocycles. The SMILES string of the molecule is N#Cc1cc(-c2cccc(-c3ccc4c(c3)c3cc(-c5ccccc5)ccc3n4-c3ccccc3)n2)ccn1. The molecule has 39 heavy (non-hydrogen) atoms. The largest absolute Gasteiger partial charge is 0.309 e. The summed E-state index contributed by atoms with van der Waals surface area (Å²) in [6.07, 6.45) is 1.65.